The molecule has 0 N–H and O–H groups in total. The third-order valence-corrected chi connectivity index (χ3v) is 21.6. The Morgan fingerprint density at radius 1 is 0.647 bits per heavy atom. The van der Waals surface area contributed by atoms with Crippen LogP contribution in [-0.2, 0) is 0 Å². The first-order valence-electron chi connectivity index (χ1n) is 5.99. The molecule has 0 unspecified atom stereocenters. The molecule has 2 aromatic rings. The molecule has 0 atom stereocenters. The summed E-state index contributed by atoms with van der Waals surface area (Å²) in [5.74, 6) is 0. The molecule has 0 aromatic heterocycles. The van der Waals surface area contributed by atoms with E-state index in [9.17, 15) is 0 Å². The van der Waals surface area contributed by atoms with Crippen LogP contribution in [0.25, 0.3) is 0 Å². The Bertz CT molecular complexity index is 420. The quantitative estimate of drug-likeness (QED) is 0.582. The summed E-state index contributed by atoms with van der Waals surface area (Å²) in [6, 6.07) is 22.1. The Morgan fingerprint density at radius 2 is 1.00 bits per heavy atom. The molecule has 0 bridgehead atoms. The number of benzene rings is 2. The molecule has 0 aliphatic carbocycles. The van der Waals surface area contributed by atoms with E-state index in [-0.39, 0.29) is 5.57 Å². The van der Waals surface area contributed by atoms with Gasteiger partial charge in [-0.15, -0.1) is 0 Å². The third-order valence-electron chi connectivity index (χ3n) is 2.70. The van der Waals surface area contributed by atoms with Crippen LogP contribution in [0.3, 0.4) is 0 Å². The monoisotopic (exact) mass is 350 g/mol. The second-order valence-corrected chi connectivity index (χ2v) is 32.1. The fourth-order valence-electron chi connectivity index (χ4n) is 2.08. The maximum atomic E-state index is 2.54. The van der Waals surface area contributed by atoms with E-state index >= 15 is 0 Å². The first-order chi connectivity index (χ1) is 8.09. The summed E-state index contributed by atoms with van der Waals surface area (Å²) in [5, 5.41) is 3.11. The molecule has 0 nitrogen and oxygen atoms in total. The molecular weight excluding hydrogens is 330 g/mol. The van der Waals surface area contributed by atoms with Crippen LogP contribution in [0.15, 0.2) is 60.7 Å². The van der Waals surface area contributed by atoms with Crippen molar-refractivity contribution < 1.29 is 0 Å². The molecule has 0 spiro atoms. The second-order valence-electron chi connectivity index (χ2n) is 5.18. The molecule has 0 aliphatic heterocycles. The molecule has 0 fully saturated rings. The van der Waals surface area contributed by atoms with Crippen LogP contribution in [0.2, 0.25) is 14.8 Å². The Hall–Kier alpha value is -0.331. The Balaban J connectivity index is 2.48. The molecule has 17 heavy (non-hydrogen) atoms. The molecular formula is C15H19PSn. The van der Waals surface area contributed by atoms with Crippen LogP contribution in [0.1, 0.15) is 0 Å². The van der Waals surface area contributed by atoms with Gasteiger partial charge in [0.05, 0.1) is 0 Å². The average molecular weight is 349 g/mol. The molecule has 0 amide bonds. The van der Waals surface area contributed by atoms with Crippen molar-refractivity contribution in [1.82, 2.24) is 0 Å². The summed E-state index contributed by atoms with van der Waals surface area (Å²) in [6.45, 7) is 0. The van der Waals surface area contributed by atoms with E-state index < -0.39 is 17.8 Å². The summed E-state index contributed by atoms with van der Waals surface area (Å²) < 4.78 is 0. The van der Waals surface area contributed by atoms with Gasteiger partial charge < -0.3 is 0 Å². The summed E-state index contributed by atoms with van der Waals surface area (Å²) in [4.78, 5) is 7.63. The predicted octanol–water partition coefficient (Wildman–Crippen LogP) is 3.95. The SMILES string of the molecule is [CH3][Sn]([CH3])([CH3])[P](c1ccccc1)c1ccccc1. The van der Waals surface area contributed by atoms with Crippen molar-refractivity contribution in [1.29, 1.82) is 0 Å². The first-order valence-corrected chi connectivity index (χ1v) is 19.7. The molecule has 0 saturated carbocycles. The zero-order chi connectivity index (χ0) is 12.3. The van der Waals surface area contributed by atoms with Crippen molar-refractivity contribution in [3.63, 3.8) is 0 Å². The van der Waals surface area contributed by atoms with Gasteiger partial charge in [-0.2, -0.15) is 0 Å². The van der Waals surface area contributed by atoms with E-state index in [1.807, 2.05) is 0 Å². The first kappa shape index (κ1) is 13.1. The van der Waals surface area contributed by atoms with Crippen molar-refractivity contribution in [3.05, 3.63) is 60.7 Å². The molecule has 0 radical (unpaired) electrons. The predicted molar refractivity (Wildman–Crippen MR) is 82.4 cm³/mol. The Labute approximate surface area is 109 Å². The van der Waals surface area contributed by atoms with E-state index in [0.717, 1.165) is 0 Å². The van der Waals surface area contributed by atoms with Gasteiger partial charge in [-0.25, -0.2) is 0 Å². The topological polar surface area (TPSA) is 0 Å². The fraction of sp³-hybridized carbons (Fsp3) is 0.200. The van der Waals surface area contributed by atoms with Crippen molar-refractivity contribution in [2.45, 2.75) is 14.8 Å². The van der Waals surface area contributed by atoms with Gasteiger partial charge >= 0.3 is 109 Å². The maximum absolute atomic E-state index is 2.54. The normalized spacial score (nSPS) is 11.8. The van der Waals surface area contributed by atoms with E-state index in [0.29, 0.717) is 0 Å². The summed E-state index contributed by atoms with van der Waals surface area (Å²) in [6.07, 6.45) is 0. The van der Waals surface area contributed by atoms with Crippen LogP contribution >= 0.6 is 5.57 Å². The summed E-state index contributed by atoms with van der Waals surface area (Å²) >= 11 is -1.97. The van der Waals surface area contributed by atoms with Gasteiger partial charge in [0, 0.05) is 0 Å². The number of hydrogen-bond donors (Lipinski definition) is 0. The van der Waals surface area contributed by atoms with Crippen molar-refractivity contribution in [3.8, 4) is 0 Å². The summed E-state index contributed by atoms with van der Waals surface area (Å²) in [5.41, 5.74) is -0.0819. The van der Waals surface area contributed by atoms with Crippen LogP contribution in [0, 0.1) is 0 Å². The van der Waals surface area contributed by atoms with Gasteiger partial charge in [0.1, 0.15) is 0 Å². The molecule has 0 saturated heterocycles. The van der Waals surface area contributed by atoms with Gasteiger partial charge in [0.25, 0.3) is 0 Å². The third kappa shape index (κ3) is 3.33. The summed E-state index contributed by atoms with van der Waals surface area (Å²) in [7, 11) is 0. The van der Waals surface area contributed by atoms with Gasteiger partial charge in [0.2, 0.25) is 0 Å². The molecule has 0 heterocycles. The fourth-order valence-corrected chi connectivity index (χ4v) is 20.7. The van der Waals surface area contributed by atoms with Gasteiger partial charge in [-0.1, -0.05) is 0 Å². The van der Waals surface area contributed by atoms with Crippen molar-refractivity contribution in [2.75, 3.05) is 0 Å². The van der Waals surface area contributed by atoms with Crippen LogP contribution in [0.4, 0.5) is 0 Å². The van der Waals surface area contributed by atoms with Gasteiger partial charge in [-0.05, 0) is 0 Å². The zero-order valence-electron chi connectivity index (χ0n) is 10.7. The minimum atomic E-state index is -1.97. The molecule has 2 aromatic carbocycles. The van der Waals surface area contributed by atoms with E-state index in [4.69, 9.17) is 0 Å². The van der Waals surface area contributed by atoms with E-state index in [1.165, 1.54) is 0 Å². The molecule has 2 heteroatoms. The average Bonchev–Trinajstić information content (AvgIpc) is 2.30. The van der Waals surface area contributed by atoms with Crippen LogP contribution in [0.5, 0.6) is 0 Å². The van der Waals surface area contributed by atoms with Crippen LogP contribution < -0.4 is 10.6 Å². The molecule has 88 valence electrons. The van der Waals surface area contributed by atoms with E-state index in [1.54, 1.807) is 10.6 Å². The Kier molecular flexibility index (Phi) is 4.27. The molecule has 0 aliphatic rings. The van der Waals surface area contributed by atoms with E-state index in [2.05, 4.69) is 75.5 Å². The minimum absolute atomic E-state index is 0.0819. The second kappa shape index (κ2) is 5.54. The molecule has 2 rings (SSSR count). The number of hydrogen-bond acceptors (Lipinski definition) is 0. The van der Waals surface area contributed by atoms with Crippen molar-refractivity contribution in [2.24, 2.45) is 0 Å². The number of rotatable bonds is 3. The van der Waals surface area contributed by atoms with Crippen molar-refractivity contribution >= 4 is 34.0 Å². The standard InChI is InChI=1S/C12H10P.3CH3.Sn/c1-3-7-11(8-4-1)13-12-9-5-2-6-10-12;;;;/h1-10H;3*1H3;/q-1;;;;+1. The van der Waals surface area contributed by atoms with Gasteiger partial charge in [0.15, 0.2) is 0 Å². The Morgan fingerprint density at radius 3 is 1.29 bits per heavy atom. The zero-order valence-corrected chi connectivity index (χ0v) is 14.5. The van der Waals surface area contributed by atoms with Crippen LogP contribution in [-0.4, -0.2) is 17.8 Å². The van der Waals surface area contributed by atoms with Gasteiger partial charge in [-0.3, -0.25) is 0 Å².